The molecule has 0 atom stereocenters. The molecule has 0 bridgehead atoms. The molecular weight excluding hydrogens is 231 g/mol. The third kappa shape index (κ3) is 1.61. The fourth-order valence-corrected chi connectivity index (χ4v) is 2.00. The first-order chi connectivity index (χ1) is 8.79. The highest BCUT2D eigenvalue weighted by atomic mass is 19.1. The molecule has 2 nitrogen and oxygen atoms in total. The molecule has 0 spiro atoms. The van der Waals surface area contributed by atoms with Gasteiger partial charge in [-0.3, -0.25) is 4.79 Å². The van der Waals surface area contributed by atoms with E-state index in [1.165, 1.54) is 12.1 Å². The van der Waals surface area contributed by atoms with Crippen molar-refractivity contribution in [3.63, 3.8) is 0 Å². The van der Waals surface area contributed by atoms with E-state index >= 15 is 0 Å². The zero-order chi connectivity index (χ0) is 12.5. The zero-order valence-corrected chi connectivity index (χ0v) is 9.39. The van der Waals surface area contributed by atoms with E-state index in [-0.39, 0.29) is 5.82 Å². The Morgan fingerprint density at radius 3 is 2.44 bits per heavy atom. The second-order valence-corrected chi connectivity index (χ2v) is 3.97. The Kier molecular flexibility index (Phi) is 2.45. The average Bonchev–Trinajstić information content (AvgIpc) is 2.78. The predicted octanol–water partition coefficient (Wildman–Crippen LogP) is 4.05. The summed E-state index contributed by atoms with van der Waals surface area (Å²) in [5, 5.41) is 0.770. The number of fused-ring (bicyclic) bond motifs is 1. The summed E-state index contributed by atoms with van der Waals surface area (Å²) in [6.45, 7) is 0. The summed E-state index contributed by atoms with van der Waals surface area (Å²) in [4.78, 5) is 11.2. The maximum absolute atomic E-state index is 12.9. The Hall–Kier alpha value is -2.42. The Balaban J connectivity index is 2.28. The van der Waals surface area contributed by atoms with Crippen molar-refractivity contribution in [2.24, 2.45) is 0 Å². The van der Waals surface area contributed by atoms with Crippen LogP contribution in [0.15, 0.2) is 52.9 Å². The summed E-state index contributed by atoms with van der Waals surface area (Å²) in [7, 11) is 0. The minimum atomic E-state index is -0.317. The SMILES string of the molecule is O=Cc1c(-c2ccc(F)cc2)oc2ccccc12. The molecule has 0 aliphatic heterocycles. The minimum Gasteiger partial charge on any atom is -0.455 e. The van der Waals surface area contributed by atoms with Gasteiger partial charge < -0.3 is 4.42 Å². The largest absolute Gasteiger partial charge is 0.455 e. The third-order valence-corrected chi connectivity index (χ3v) is 2.86. The van der Waals surface area contributed by atoms with Crippen LogP contribution in [0.2, 0.25) is 0 Å². The van der Waals surface area contributed by atoms with E-state index in [0.717, 1.165) is 11.7 Å². The van der Waals surface area contributed by atoms with Crippen LogP contribution in [0.1, 0.15) is 10.4 Å². The van der Waals surface area contributed by atoms with Gasteiger partial charge in [0.1, 0.15) is 17.2 Å². The highest BCUT2D eigenvalue weighted by Crippen LogP contribution is 2.32. The van der Waals surface area contributed by atoms with Gasteiger partial charge in [0.2, 0.25) is 0 Å². The molecule has 3 heteroatoms. The van der Waals surface area contributed by atoms with Crippen molar-refractivity contribution in [3.05, 3.63) is 59.9 Å². The van der Waals surface area contributed by atoms with Crippen LogP contribution in [-0.4, -0.2) is 6.29 Å². The summed E-state index contributed by atoms with van der Waals surface area (Å²) in [6.07, 6.45) is 0.768. The molecule has 0 N–H and O–H groups in total. The standard InChI is InChI=1S/C15H9FO2/c16-11-7-5-10(6-8-11)15-13(9-17)12-3-1-2-4-14(12)18-15/h1-9H. The number of carbonyl (C=O) groups excluding carboxylic acids is 1. The lowest BCUT2D eigenvalue weighted by Gasteiger charge is -1.97. The quantitative estimate of drug-likeness (QED) is 0.632. The van der Waals surface area contributed by atoms with Crippen LogP contribution in [0.4, 0.5) is 4.39 Å². The van der Waals surface area contributed by atoms with E-state index in [2.05, 4.69) is 0 Å². The average molecular weight is 240 g/mol. The Bertz CT molecular complexity index is 711. The van der Waals surface area contributed by atoms with E-state index in [4.69, 9.17) is 4.42 Å². The maximum Gasteiger partial charge on any atom is 0.154 e. The molecule has 1 aromatic heterocycles. The fourth-order valence-electron chi connectivity index (χ4n) is 2.00. The van der Waals surface area contributed by atoms with E-state index in [1.807, 2.05) is 18.2 Å². The lowest BCUT2D eigenvalue weighted by atomic mass is 10.1. The van der Waals surface area contributed by atoms with Crippen molar-refractivity contribution in [2.75, 3.05) is 0 Å². The first-order valence-electron chi connectivity index (χ1n) is 5.52. The molecule has 0 fully saturated rings. The van der Waals surface area contributed by atoms with E-state index in [9.17, 15) is 9.18 Å². The number of carbonyl (C=O) groups is 1. The van der Waals surface area contributed by atoms with E-state index < -0.39 is 0 Å². The number of rotatable bonds is 2. The molecule has 0 saturated carbocycles. The van der Waals surface area contributed by atoms with E-state index in [1.54, 1.807) is 18.2 Å². The molecule has 88 valence electrons. The predicted molar refractivity (Wildman–Crippen MR) is 67.0 cm³/mol. The van der Waals surface area contributed by atoms with Gasteiger partial charge in [-0.05, 0) is 30.3 Å². The third-order valence-electron chi connectivity index (χ3n) is 2.86. The van der Waals surface area contributed by atoms with Gasteiger partial charge in [0.05, 0.1) is 5.56 Å². The molecule has 0 saturated heterocycles. The molecule has 1 heterocycles. The number of halogens is 1. The van der Waals surface area contributed by atoms with Gasteiger partial charge in [0, 0.05) is 10.9 Å². The number of hydrogen-bond donors (Lipinski definition) is 0. The van der Waals surface area contributed by atoms with Crippen molar-refractivity contribution in [1.82, 2.24) is 0 Å². The smallest absolute Gasteiger partial charge is 0.154 e. The second-order valence-electron chi connectivity index (χ2n) is 3.97. The number of hydrogen-bond acceptors (Lipinski definition) is 2. The molecule has 18 heavy (non-hydrogen) atoms. The summed E-state index contributed by atoms with van der Waals surface area (Å²) in [6, 6.07) is 13.2. The van der Waals surface area contributed by atoms with Gasteiger partial charge in [0.15, 0.2) is 6.29 Å². The molecule has 0 aliphatic carbocycles. The topological polar surface area (TPSA) is 30.2 Å². The van der Waals surface area contributed by atoms with Crippen LogP contribution in [0, 0.1) is 5.82 Å². The zero-order valence-electron chi connectivity index (χ0n) is 9.39. The molecule has 0 radical (unpaired) electrons. The lowest BCUT2D eigenvalue weighted by molar-refractivity contribution is 0.112. The van der Waals surface area contributed by atoms with Gasteiger partial charge in [-0.25, -0.2) is 4.39 Å². The van der Waals surface area contributed by atoms with E-state index in [0.29, 0.717) is 22.5 Å². The number of aldehydes is 1. The number of para-hydroxylation sites is 1. The molecule has 3 aromatic rings. The van der Waals surface area contributed by atoms with Crippen LogP contribution in [0.25, 0.3) is 22.3 Å². The van der Waals surface area contributed by atoms with Gasteiger partial charge in [0.25, 0.3) is 0 Å². The van der Waals surface area contributed by atoms with Gasteiger partial charge in [-0.1, -0.05) is 18.2 Å². The van der Waals surface area contributed by atoms with Crippen LogP contribution in [-0.2, 0) is 0 Å². The van der Waals surface area contributed by atoms with Gasteiger partial charge >= 0.3 is 0 Å². The minimum absolute atomic E-state index is 0.317. The van der Waals surface area contributed by atoms with Crippen molar-refractivity contribution in [2.45, 2.75) is 0 Å². The second kappa shape index (κ2) is 4.11. The monoisotopic (exact) mass is 240 g/mol. The maximum atomic E-state index is 12.9. The van der Waals surface area contributed by atoms with Gasteiger partial charge in [-0.15, -0.1) is 0 Å². The van der Waals surface area contributed by atoms with Crippen molar-refractivity contribution < 1.29 is 13.6 Å². The summed E-state index contributed by atoms with van der Waals surface area (Å²) in [5.41, 5.74) is 1.84. The summed E-state index contributed by atoms with van der Waals surface area (Å²) < 4.78 is 18.6. The Labute approximate surface area is 103 Å². The normalized spacial score (nSPS) is 10.7. The molecular formula is C15H9FO2. The van der Waals surface area contributed by atoms with Crippen LogP contribution < -0.4 is 0 Å². The highest BCUT2D eigenvalue weighted by molar-refractivity contribution is 6.02. The molecule has 0 amide bonds. The van der Waals surface area contributed by atoms with Crippen molar-refractivity contribution >= 4 is 17.3 Å². The summed E-state index contributed by atoms with van der Waals surface area (Å²) >= 11 is 0. The van der Waals surface area contributed by atoms with Crippen molar-refractivity contribution in [3.8, 4) is 11.3 Å². The molecule has 2 aromatic carbocycles. The Morgan fingerprint density at radius 1 is 1.00 bits per heavy atom. The number of furan rings is 1. The lowest BCUT2D eigenvalue weighted by Crippen LogP contribution is -1.83. The molecule has 3 rings (SSSR count). The highest BCUT2D eigenvalue weighted by Gasteiger charge is 2.14. The number of benzene rings is 2. The first-order valence-corrected chi connectivity index (χ1v) is 5.52. The fraction of sp³-hybridized carbons (Fsp3) is 0. The first kappa shape index (κ1) is 10.7. The summed E-state index contributed by atoms with van der Waals surface area (Å²) in [5.74, 6) is 0.161. The molecule has 0 unspecified atom stereocenters. The molecule has 0 aliphatic rings. The van der Waals surface area contributed by atoms with Crippen LogP contribution in [0.3, 0.4) is 0 Å². The van der Waals surface area contributed by atoms with Crippen molar-refractivity contribution in [1.29, 1.82) is 0 Å². The Morgan fingerprint density at radius 2 is 1.72 bits per heavy atom. The van der Waals surface area contributed by atoms with Gasteiger partial charge in [-0.2, -0.15) is 0 Å². The van der Waals surface area contributed by atoms with Crippen LogP contribution in [0.5, 0.6) is 0 Å². The van der Waals surface area contributed by atoms with Crippen LogP contribution >= 0.6 is 0 Å².